The van der Waals surface area contributed by atoms with Crippen LogP contribution in [0.2, 0.25) is 0 Å². The number of nitrogens with zero attached hydrogens (tertiary/aromatic N) is 6. The summed E-state index contributed by atoms with van der Waals surface area (Å²) < 4.78 is 9.42. The molecule has 0 atom stereocenters. The maximum absolute atomic E-state index is 5.64. The highest BCUT2D eigenvalue weighted by atomic mass is 16.3. The quantitative estimate of drug-likeness (QED) is 0.490. The van der Waals surface area contributed by atoms with Gasteiger partial charge in [-0.25, -0.2) is 9.97 Å². The number of hydrogen-bond acceptors (Lipinski definition) is 5. The van der Waals surface area contributed by atoms with E-state index in [1.807, 2.05) is 50.0 Å². The van der Waals surface area contributed by atoms with Crippen molar-refractivity contribution in [1.29, 1.82) is 0 Å². The number of imidazole rings is 1. The minimum Gasteiger partial charge on any atom is -0.461 e. The van der Waals surface area contributed by atoms with Gasteiger partial charge in [-0.15, -0.1) is 0 Å². The number of benzene rings is 1. The zero-order chi connectivity index (χ0) is 17.8. The lowest BCUT2D eigenvalue weighted by Gasteiger charge is -2.02. The first-order chi connectivity index (χ1) is 12.6. The lowest BCUT2D eigenvalue weighted by atomic mass is 10.2. The first-order valence-electron chi connectivity index (χ1n) is 8.27. The van der Waals surface area contributed by atoms with Crippen molar-refractivity contribution in [2.24, 2.45) is 14.1 Å². The maximum Gasteiger partial charge on any atom is 0.177 e. The molecule has 4 heterocycles. The van der Waals surface area contributed by atoms with E-state index in [-0.39, 0.29) is 0 Å². The topological polar surface area (TPSA) is 74.6 Å². The molecule has 7 heteroatoms. The molecule has 0 N–H and O–H groups in total. The summed E-state index contributed by atoms with van der Waals surface area (Å²) in [5.74, 6) is 1.55. The van der Waals surface area contributed by atoms with E-state index >= 15 is 0 Å². The van der Waals surface area contributed by atoms with E-state index in [2.05, 4.69) is 10.1 Å². The second-order valence-corrected chi connectivity index (χ2v) is 6.39. The Morgan fingerprint density at radius 2 is 1.88 bits per heavy atom. The van der Waals surface area contributed by atoms with Gasteiger partial charge in [0.25, 0.3) is 0 Å². The second kappa shape index (κ2) is 5.26. The molecule has 0 unspecified atom stereocenters. The van der Waals surface area contributed by atoms with E-state index in [1.165, 1.54) is 0 Å². The molecule has 0 aliphatic rings. The second-order valence-electron chi connectivity index (χ2n) is 6.39. The first kappa shape index (κ1) is 14.8. The van der Waals surface area contributed by atoms with Crippen molar-refractivity contribution >= 4 is 22.1 Å². The Morgan fingerprint density at radius 3 is 2.62 bits per heavy atom. The lowest BCUT2D eigenvalue weighted by Crippen LogP contribution is -1.92. The van der Waals surface area contributed by atoms with Crippen LogP contribution < -0.4 is 0 Å². The molecule has 0 bridgehead atoms. The normalized spacial score (nSPS) is 11.7. The molecule has 0 fully saturated rings. The number of rotatable bonds is 2. The predicted molar refractivity (Wildman–Crippen MR) is 98.5 cm³/mol. The average Bonchev–Trinajstić information content (AvgIpc) is 3.34. The molecule has 1 aromatic carbocycles. The Bertz CT molecular complexity index is 1280. The van der Waals surface area contributed by atoms with E-state index in [0.29, 0.717) is 0 Å². The Labute approximate surface area is 148 Å². The van der Waals surface area contributed by atoms with E-state index in [1.54, 1.807) is 23.3 Å². The van der Waals surface area contributed by atoms with Gasteiger partial charge in [0, 0.05) is 25.9 Å². The van der Waals surface area contributed by atoms with Crippen LogP contribution in [-0.4, -0.2) is 29.3 Å². The third-order valence-corrected chi connectivity index (χ3v) is 4.63. The van der Waals surface area contributed by atoms with Crippen molar-refractivity contribution in [2.75, 3.05) is 0 Å². The van der Waals surface area contributed by atoms with Gasteiger partial charge in [0.15, 0.2) is 11.6 Å². The minimum atomic E-state index is 0.772. The summed E-state index contributed by atoms with van der Waals surface area (Å²) >= 11 is 0. The van der Waals surface area contributed by atoms with Crippen LogP contribution in [0.5, 0.6) is 0 Å². The van der Waals surface area contributed by atoms with E-state index in [4.69, 9.17) is 14.4 Å². The van der Waals surface area contributed by atoms with Gasteiger partial charge in [-0.05, 0) is 30.7 Å². The predicted octanol–water partition coefficient (Wildman–Crippen LogP) is 3.49. The Kier molecular flexibility index (Phi) is 3.00. The fourth-order valence-electron chi connectivity index (χ4n) is 3.23. The number of furan rings is 1. The number of fused-ring (bicyclic) bond motifs is 3. The third kappa shape index (κ3) is 2.07. The molecule has 0 saturated heterocycles. The molecule has 0 aliphatic carbocycles. The van der Waals surface area contributed by atoms with Gasteiger partial charge in [-0.3, -0.25) is 9.67 Å². The molecule has 0 saturated carbocycles. The van der Waals surface area contributed by atoms with Crippen LogP contribution in [0.4, 0.5) is 0 Å². The average molecular weight is 344 g/mol. The number of aromatic nitrogens is 6. The van der Waals surface area contributed by atoms with Gasteiger partial charge in [-0.1, -0.05) is 0 Å². The summed E-state index contributed by atoms with van der Waals surface area (Å²) in [5, 5.41) is 4.21. The van der Waals surface area contributed by atoms with Crippen LogP contribution in [0.3, 0.4) is 0 Å². The number of hydrogen-bond donors (Lipinski definition) is 0. The highest BCUT2D eigenvalue weighted by Crippen LogP contribution is 2.30. The Hall–Kier alpha value is -3.48. The van der Waals surface area contributed by atoms with Crippen molar-refractivity contribution in [2.45, 2.75) is 6.92 Å². The zero-order valence-electron chi connectivity index (χ0n) is 14.6. The highest BCUT2D eigenvalue weighted by molar-refractivity contribution is 6.01. The lowest BCUT2D eigenvalue weighted by molar-refractivity contribution is 0.573. The van der Waals surface area contributed by atoms with Crippen molar-refractivity contribution in [1.82, 2.24) is 29.3 Å². The molecule has 0 radical (unpaired) electrons. The van der Waals surface area contributed by atoms with Crippen LogP contribution in [0.15, 0.2) is 47.5 Å². The van der Waals surface area contributed by atoms with Crippen molar-refractivity contribution in [3.63, 3.8) is 0 Å². The molecule has 5 aromatic rings. The zero-order valence-corrected chi connectivity index (χ0v) is 14.6. The van der Waals surface area contributed by atoms with Crippen LogP contribution in [0, 0.1) is 6.92 Å². The maximum atomic E-state index is 5.64. The number of aryl methyl sites for hydroxylation is 3. The molecular weight excluding hydrogens is 328 g/mol. The van der Waals surface area contributed by atoms with Gasteiger partial charge in [-0.2, -0.15) is 5.10 Å². The van der Waals surface area contributed by atoms with Crippen molar-refractivity contribution in [3.05, 3.63) is 48.6 Å². The molecule has 0 aliphatic heterocycles. The summed E-state index contributed by atoms with van der Waals surface area (Å²) in [5.41, 5.74) is 6.14. The van der Waals surface area contributed by atoms with Crippen molar-refractivity contribution < 1.29 is 4.42 Å². The fraction of sp³-hybridized carbons (Fsp3) is 0.158. The molecule has 4 aromatic heterocycles. The molecule has 0 amide bonds. The van der Waals surface area contributed by atoms with Crippen LogP contribution in [0.25, 0.3) is 44.9 Å². The molecule has 128 valence electrons. The Balaban J connectivity index is 1.80. The highest BCUT2D eigenvalue weighted by Gasteiger charge is 2.17. The molecule has 26 heavy (non-hydrogen) atoms. The molecular formula is C19H16N6O. The standard InChI is InChI=1S/C19H16N6O/c1-11-6-7-26-18(11)19-23-17-15(25(19)3)5-4-13-16(17)22-14(9-20-13)12-8-21-24(2)10-12/h4-10H,1-3H3. The summed E-state index contributed by atoms with van der Waals surface area (Å²) in [6.45, 7) is 2.01. The van der Waals surface area contributed by atoms with Gasteiger partial charge in [0.1, 0.15) is 11.0 Å². The van der Waals surface area contributed by atoms with Crippen LogP contribution in [0.1, 0.15) is 5.56 Å². The van der Waals surface area contributed by atoms with Gasteiger partial charge in [0.2, 0.25) is 0 Å². The van der Waals surface area contributed by atoms with E-state index in [0.717, 1.165) is 50.5 Å². The van der Waals surface area contributed by atoms with Crippen LogP contribution in [-0.2, 0) is 14.1 Å². The van der Waals surface area contributed by atoms with Gasteiger partial charge >= 0.3 is 0 Å². The van der Waals surface area contributed by atoms with E-state index < -0.39 is 0 Å². The van der Waals surface area contributed by atoms with Gasteiger partial charge < -0.3 is 8.98 Å². The summed E-state index contributed by atoms with van der Waals surface area (Å²) in [6, 6.07) is 5.93. The largest absolute Gasteiger partial charge is 0.461 e. The smallest absolute Gasteiger partial charge is 0.177 e. The molecule has 7 nitrogen and oxygen atoms in total. The summed E-state index contributed by atoms with van der Waals surface area (Å²) in [7, 11) is 3.86. The molecule has 5 rings (SSSR count). The summed E-state index contributed by atoms with van der Waals surface area (Å²) in [6.07, 6.45) is 7.16. The Morgan fingerprint density at radius 1 is 1.00 bits per heavy atom. The monoisotopic (exact) mass is 344 g/mol. The fourth-order valence-corrected chi connectivity index (χ4v) is 3.23. The first-order valence-corrected chi connectivity index (χ1v) is 8.27. The van der Waals surface area contributed by atoms with E-state index in [9.17, 15) is 0 Å². The summed E-state index contributed by atoms with van der Waals surface area (Å²) in [4.78, 5) is 14.2. The van der Waals surface area contributed by atoms with Gasteiger partial charge in [0.05, 0.1) is 35.4 Å². The SMILES string of the molecule is Cc1ccoc1-c1nc2c3nc(-c4cnn(C)c4)cnc3ccc2n1C. The molecule has 0 spiro atoms. The third-order valence-electron chi connectivity index (χ3n) is 4.63. The minimum absolute atomic E-state index is 0.772. The van der Waals surface area contributed by atoms with Crippen molar-refractivity contribution in [3.8, 4) is 22.8 Å². The van der Waals surface area contributed by atoms with Crippen LogP contribution >= 0.6 is 0 Å².